The molecule has 0 radical (unpaired) electrons. The molecule has 0 aromatic rings. The van der Waals surface area contributed by atoms with E-state index in [0.29, 0.717) is 25.0 Å². The number of unbranched alkanes of at least 4 members (excludes halogenated alkanes) is 16. The summed E-state index contributed by atoms with van der Waals surface area (Å²) in [4.78, 5) is 24.2. The summed E-state index contributed by atoms with van der Waals surface area (Å²) in [6.07, 6.45) is 32.8. The van der Waals surface area contributed by atoms with Gasteiger partial charge in [0.1, 0.15) is 6.61 Å². The van der Waals surface area contributed by atoms with Crippen LogP contribution in [0.2, 0.25) is 0 Å². The Kier molecular flexibility index (Phi) is 26.8. The van der Waals surface area contributed by atoms with Crippen LogP contribution in [-0.4, -0.2) is 48.6 Å². The second-order valence-electron chi connectivity index (χ2n) is 13.3. The zero-order valence-electron chi connectivity index (χ0n) is 29.0. The number of carbonyl (C=O) groups excluding carboxylic acids is 2. The molecule has 1 aliphatic heterocycles. The molecule has 258 valence electrons. The highest BCUT2D eigenvalue weighted by Crippen LogP contribution is 2.30. The van der Waals surface area contributed by atoms with E-state index in [0.717, 1.165) is 63.7 Å². The third-order valence-corrected chi connectivity index (χ3v) is 9.02. The number of hydrogen-bond donors (Lipinski definition) is 1. The van der Waals surface area contributed by atoms with E-state index in [1.165, 1.54) is 89.9 Å². The first kappa shape index (κ1) is 40.6. The lowest BCUT2D eigenvalue weighted by Crippen LogP contribution is -2.28. The van der Waals surface area contributed by atoms with Crippen molar-refractivity contribution in [3.8, 4) is 0 Å². The van der Waals surface area contributed by atoms with Crippen molar-refractivity contribution in [2.24, 2.45) is 5.92 Å². The van der Waals surface area contributed by atoms with Gasteiger partial charge in [-0.3, -0.25) is 9.59 Å². The molecule has 4 atom stereocenters. The van der Waals surface area contributed by atoms with Gasteiger partial charge in [-0.1, -0.05) is 142 Å². The fraction of sp³-hybridized carbons (Fsp3) is 0.895. The van der Waals surface area contributed by atoms with Crippen LogP contribution in [0.4, 0.5) is 0 Å². The SMILES string of the molecule is CCCCC/C=C\CC1OC1CCCCCCCC(=O)O[C@@H](CO)COC(=O)CCCCCCCCCCCCC(C)CC. The number of epoxide rings is 1. The van der Waals surface area contributed by atoms with E-state index in [-0.39, 0.29) is 25.2 Å². The average Bonchev–Trinajstić information content (AvgIpc) is 3.78. The van der Waals surface area contributed by atoms with Gasteiger partial charge in [-0.2, -0.15) is 0 Å². The molecule has 1 heterocycles. The summed E-state index contributed by atoms with van der Waals surface area (Å²) in [5.74, 6) is 0.266. The van der Waals surface area contributed by atoms with Gasteiger partial charge in [-0.25, -0.2) is 0 Å². The zero-order valence-corrected chi connectivity index (χ0v) is 29.0. The number of aliphatic hydroxyl groups excluding tert-OH is 1. The molecule has 1 N–H and O–H groups in total. The molecule has 1 saturated heterocycles. The standard InChI is InChI=1S/C38H70O6/c1-4-6-7-8-17-22-27-35-36(44-35)28-23-18-15-20-25-30-38(41)43-34(31-39)32-42-37(40)29-24-19-14-12-10-9-11-13-16-21-26-33(3)5-2/h17,22,33-36,39H,4-16,18-21,23-32H2,1-3H3/b22-17-/t33?,34-,35?,36?/m0/s1. The number of rotatable bonds is 32. The summed E-state index contributed by atoms with van der Waals surface area (Å²) in [5, 5.41) is 9.54. The molecule has 0 aromatic carbocycles. The summed E-state index contributed by atoms with van der Waals surface area (Å²) >= 11 is 0. The average molecular weight is 623 g/mol. The van der Waals surface area contributed by atoms with E-state index in [9.17, 15) is 14.7 Å². The van der Waals surface area contributed by atoms with Crippen molar-refractivity contribution in [1.29, 1.82) is 0 Å². The summed E-state index contributed by atoms with van der Waals surface area (Å²) in [5.41, 5.74) is 0. The van der Waals surface area contributed by atoms with Gasteiger partial charge < -0.3 is 19.3 Å². The summed E-state index contributed by atoms with van der Waals surface area (Å²) in [6.45, 7) is 6.45. The quantitative estimate of drug-likeness (QED) is 0.0348. The van der Waals surface area contributed by atoms with E-state index in [1.54, 1.807) is 0 Å². The van der Waals surface area contributed by atoms with Crippen LogP contribution in [0.5, 0.6) is 0 Å². The van der Waals surface area contributed by atoms with Crippen molar-refractivity contribution < 1.29 is 28.9 Å². The zero-order chi connectivity index (χ0) is 32.1. The number of aliphatic hydroxyl groups is 1. The van der Waals surface area contributed by atoms with Crippen molar-refractivity contribution in [1.82, 2.24) is 0 Å². The Morgan fingerprint density at radius 3 is 1.93 bits per heavy atom. The Morgan fingerprint density at radius 1 is 0.727 bits per heavy atom. The van der Waals surface area contributed by atoms with Crippen LogP contribution >= 0.6 is 0 Å². The largest absolute Gasteiger partial charge is 0.462 e. The molecular weight excluding hydrogens is 552 g/mol. The van der Waals surface area contributed by atoms with Gasteiger partial charge in [0.25, 0.3) is 0 Å². The van der Waals surface area contributed by atoms with E-state index >= 15 is 0 Å². The molecule has 3 unspecified atom stereocenters. The third-order valence-electron chi connectivity index (χ3n) is 9.02. The molecule has 1 fully saturated rings. The highest BCUT2D eigenvalue weighted by atomic mass is 16.6. The lowest BCUT2D eigenvalue weighted by molar-refractivity contribution is -0.161. The van der Waals surface area contributed by atoms with E-state index in [4.69, 9.17) is 14.2 Å². The lowest BCUT2D eigenvalue weighted by Gasteiger charge is -2.15. The minimum absolute atomic E-state index is 0.0721. The molecule has 0 amide bonds. The van der Waals surface area contributed by atoms with E-state index in [2.05, 4.69) is 32.9 Å². The van der Waals surface area contributed by atoms with Crippen LogP contribution in [0.25, 0.3) is 0 Å². The smallest absolute Gasteiger partial charge is 0.306 e. The van der Waals surface area contributed by atoms with Crippen LogP contribution in [0, 0.1) is 5.92 Å². The van der Waals surface area contributed by atoms with Crippen molar-refractivity contribution in [2.45, 2.75) is 200 Å². The van der Waals surface area contributed by atoms with Crippen LogP contribution in [0.1, 0.15) is 181 Å². The molecule has 1 aliphatic rings. The number of ether oxygens (including phenoxy) is 3. The van der Waals surface area contributed by atoms with E-state index < -0.39 is 6.10 Å². The number of esters is 2. The molecule has 1 rings (SSSR count). The van der Waals surface area contributed by atoms with Gasteiger partial charge in [-0.15, -0.1) is 0 Å². The number of carbonyl (C=O) groups is 2. The van der Waals surface area contributed by atoms with Crippen LogP contribution in [0.15, 0.2) is 12.2 Å². The Labute approximate surface area is 271 Å². The van der Waals surface area contributed by atoms with Crippen molar-refractivity contribution in [3.63, 3.8) is 0 Å². The molecule has 6 heteroatoms. The maximum atomic E-state index is 12.2. The molecular formula is C38H70O6. The van der Waals surface area contributed by atoms with Crippen molar-refractivity contribution in [3.05, 3.63) is 12.2 Å². The fourth-order valence-corrected chi connectivity index (χ4v) is 5.65. The highest BCUT2D eigenvalue weighted by Gasteiger charge is 2.36. The Morgan fingerprint density at radius 2 is 1.32 bits per heavy atom. The number of allylic oxidation sites excluding steroid dienone is 1. The minimum atomic E-state index is -0.779. The van der Waals surface area contributed by atoms with Gasteiger partial charge in [0.15, 0.2) is 6.10 Å². The molecule has 0 aliphatic carbocycles. The molecule has 0 aromatic heterocycles. The lowest BCUT2D eigenvalue weighted by atomic mass is 9.99. The predicted octanol–water partition coefficient (Wildman–Crippen LogP) is 10.2. The third kappa shape index (κ3) is 24.9. The Hall–Kier alpha value is -1.40. The first-order valence-corrected chi connectivity index (χ1v) is 18.8. The minimum Gasteiger partial charge on any atom is -0.462 e. The molecule has 0 saturated carbocycles. The van der Waals surface area contributed by atoms with Gasteiger partial charge in [-0.05, 0) is 44.4 Å². The first-order chi connectivity index (χ1) is 21.5. The van der Waals surface area contributed by atoms with Crippen LogP contribution in [-0.2, 0) is 23.8 Å². The van der Waals surface area contributed by atoms with Crippen molar-refractivity contribution in [2.75, 3.05) is 13.2 Å². The van der Waals surface area contributed by atoms with Crippen LogP contribution < -0.4 is 0 Å². The fourth-order valence-electron chi connectivity index (χ4n) is 5.65. The Bertz CT molecular complexity index is 707. The Balaban J connectivity index is 1.90. The maximum Gasteiger partial charge on any atom is 0.306 e. The molecule has 0 bridgehead atoms. The highest BCUT2D eigenvalue weighted by molar-refractivity contribution is 5.70. The molecule has 6 nitrogen and oxygen atoms in total. The maximum absolute atomic E-state index is 12.2. The first-order valence-electron chi connectivity index (χ1n) is 18.8. The van der Waals surface area contributed by atoms with Gasteiger partial charge in [0, 0.05) is 12.8 Å². The molecule has 44 heavy (non-hydrogen) atoms. The monoisotopic (exact) mass is 623 g/mol. The summed E-state index contributed by atoms with van der Waals surface area (Å²) in [7, 11) is 0. The number of hydrogen-bond acceptors (Lipinski definition) is 6. The molecule has 0 spiro atoms. The normalized spacial score (nSPS) is 17.5. The second kappa shape index (κ2) is 29.0. The van der Waals surface area contributed by atoms with Crippen molar-refractivity contribution >= 4 is 11.9 Å². The van der Waals surface area contributed by atoms with Gasteiger partial charge in [0.2, 0.25) is 0 Å². The predicted molar refractivity (Wildman–Crippen MR) is 182 cm³/mol. The second-order valence-corrected chi connectivity index (χ2v) is 13.3. The topological polar surface area (TPSA) is 85.4 Å². The van der Waals surface area contributed by atoms with E-state index in [1.807, 2.05) is 0 Å². The summed E-state index contributed by atoms with van der Waals surface area (Å²) in [6, 6.07) is 0. The van der Waals surface area contributed by atoms with Crippen LogP contribution in [0.3, 0.4) is 0 Å². The van der Waals surface area contributed by atoms with Gasteiger partial charge >= 0.3 is 11.9 Å². The van der Waals surface area contributed by atoms with Gasteiger partial charge in [0.05, 0.1) is 18.8 Å². The summed E-state index contributed by atoms with van der Waals surface area (Å²) < 4.78 is 16.4.